The average molecular weight is 307 g/mol. The predicted octanol–water partition coefficient (Wildman–Crippen LogP) is 4.00. The summed E-state index contributed by atoms with van der Waals surface area (Å²) < 4.78 is 10.3. The largest absolute Gasteiger partial charge is 0.497 e. The Balaban J connectivity index is 2.09. The van der Waals surface area contributed by atoms with Crippen molar-refractivity contribution in [2.24, 2.45) is 0 Å². The number of halogens is 1. The number of ether oxygens (including phenoxy) is 2. The Morgan fingerprint density at radius 1 is 1.05 bits per heavy atom. The molecule has 21 heavy (non-hydrogen) atoms. The molecule has 0 aliphatic rings. The summed E-state index contributed by atoms with van der Waals surface area (Å²) in [5, 5.41) is 5.95. The molecule has 2 rings (SSSR count). The molecule has 2 aromatic carbocycles. The molecule has 0 saturated carbocycles. The van der Waals surface area contributed by atoms with Gasteiger partial charge in [-0.15, -0.1) is 0 Å². The number of benzene rings is 2. The fourth-order valence-electron chi connectivity index (χ4n) is 1.75. The minimum atomic E-state index is -0.388. The summed E-state index contributed by atoms with van der Waals surface area (Å²) in [6, 6.07) is 11.6. The van der Waals surface area contributed by atoms with Gasteiger partial charge in [0.25, 0.3) is 0 Å². The van der Waals surface area contributed by atoms with Crippen molar-refractivity contribution < 1.29 is 14.3 Å². The lowest BCUT2D eigenvalue weighted by Crippen LogP contribution is -2.19. The molecule has 0 bridgehead atoms. The number of carbonyl (C=O) groups excluding carboxylic acids is 1. The number of hydrogen-bond acceptors (Lipinski definition) is 3. The first-order chi connectivity index (χ1) is 10.1. The van der Waals surface area contributed by atoms with E-state index >= 15 is 0 Å². The Bertz CT molecular complexity index is 647. The molecular formula is C15H15ClN2O3. The van der Waals surface area contributed by atoms with Crippen molar-refractivity contribution in [3.8, 4) is 11.5 Å². The van der Waals surface area contributed by atoms with Gasteiger partial charge in [-0.25, -0.2) is 4.79 Å². The summed E-state index contributed by atoms with van der Waals surface area (Å²) in [7, 11) is 3.09. The van der Waals surface area contributed by atoms with Crippen LogP contribution in [0.15, 0.2) is 42.5 Å². The molecule has 0 aromatic heterocycles. The van der Waals surface area contributed by atoms with Gasteiger partial charge in [-0.05, 0) is 30.3 Å². The van der Waals surface area contributed by atoms with Gasteiger partial charge in [-0.1, -0.05) is 17.7 Å². The minimum Gasteiger partial charge on any atom is -0.497 e. The van der Waals surface area contributed by atoms with Gasteiger partial charge >= 0.3 is 6.03 Å². The maximum Gasteiger partial charge on any atom is 0.323 e. The highest BCUT2D eigenvalue weighted by Gasteiger charge is 2.09. The Morgan fingerprint density at radius 3 is 2.52 bits per heavy atom. The van der Waals surface area contributed by atoms with Crippen molar-refractivity contribution in [1.82, 2.24) is 0 Å². The zero-order valence-corrected chi connectivity index (χ0v) is 12.4. The number of hydrogen-bond donors (Lipinski definition) is 2. The fourth-order valence-corrected chi connectivity index (χ4v) is 1.94. The van der Waals surface area contributed by atoms with Crippen molar-refractivity contribution >= 4 is 29.0 Å². The van der Waals surface area contributed by atoms with Crippen LogP contribution in [-0.4, -0.2) is 20.3 Å². The number of urea groups is 1. The van der Waals surface area contributed by atoms with Crippen molar-refractivity contribution in [1.29, 1.82) is 0 Å². The normalized spacial score (nSPS) is 9.86. The van der Waals surface area contributed by atoms with Crippen molar-refractivity contribution in [2.45, 2.75) is 0 Å². The molecule has 0 aliphatic carbocycles. The molecule has 0 saturated heterocycles. The molecule has 2 aromatic rings. The number of rotatable bonds is 4. The smallest absolute Gasteiger partial charge is 0.323 e. The van der Waals surface area contributed by atoms with E-state index in [1.165, 1.54) is 7.11 Å². The fraction of sp³-hybridized carbons (Fsp3) is 0.133. The number of amides is 2. The quantitative estimate of drug-likeness (QED) is 0.897. The van der Waals surface area contributed by atoms with E-state index < -0.39 is 0 Å². The van der Waals surface area contributed by atoms with E-state index in [4.69, 9.17) is 21.1 Å². The number of carbonyl (C=O) groups is 1. The van der Waals surface area contributed by atoms with Gasteiger partial charge in [0.1, 0.15) is 11.5 Å². The monoisotopic (exact) mass is 306 g/mol. The first-order valence-electron chi connectivity index (χ1n) is 6.18. The van der Waals surface area contributed by atoms with Crippen LogP contribution >= 0.6 is 11.6 Å². The van der Waals surface area contributed by atoms with Crippen LogP contribution in [-0.2, 0) is 0 Å². The van der Waals surface area contributed by atoms with Crippen LogP contribution in [0.2, 0.25) is 5.02 Å². The van der Waals surface area contributed by atoms with Crippen LogP contribution in [0.3, 0.4) is 0 Å². The zero-order chi connectivity index (χ0) is 15.2. The molecule has 0 aliphatic heterocycles. The van der Waals surface area contributed by atoms with Gasteiger partial charge in [-0.3, -0.25) is 0 Å². The average Bonchev–Trinajstić information content (AvgIpc) is 2.47. The Kier molecular flexibility index (Phi) is 4.90. The lowest BCUT2D eigenvalue weighted by Gasteiger charge is -2.12. The Hall–Kier alpha value is -2.40. The molecule has 0 unspecified atom stereocenters. The highest BCUT2D eigenvalue weighted by atomic mass is 35.5. The van der Waals surface area contributed by atoms with Crippen molar-refractivity contribution in [2.75, 3.05) is 24.9 Å². The van der Waals surface area contributed by atoms with E-state index in [2.05, 4.69) is 10.6 Å². The Labute approximate surface area is 127 Å². The summed E-state index contributed by atoms with van der Waals surface area (Å²) in [5.41, 5.74) is 1.14. The second-order valence-electron chi connectivity index (χ2n) is 4.16. The molecule has 0 heterocycles. The van der Waals surface area contributed by atoms with Gasteiger partial charge in [-0.2, -0.15) is 0 Å². The first-order valence-corrected chi connectivity index (χ1v) is 6.56. The lowest BCUT2D eigenvalue weighted by molar-refractivity contribution is 0.262. The van der Waals surface area contributed by atoms with Crippen LogP contribution in [0.25, 0.3) is 0 Å². The zero-order valence-electron chi connectivity index (χ0n) is 11.6. The molecule has 6 heteroatoms. The van der Waals surface area contributed by atoms with Crippen LogP contribution in [0.5, 0.6) is 11.5 Å². The highest BCUT2D eigenvalue weighted by Crippen LogP contribution is 2.29. The standard InChI is InChI=1S/C15H15ClN2O3/c1-20-12-6-7-13(14(9-12)21-2)18-15(19)17-11-5-3-4-10(16)8-11/h3-9H,1-2H3,(H2,17,18,19). The molecule has 2 N–H and O–H groups in total. The number of methoxy groups -OCH3 is 2. The van der Waals surface area contributed by atoms with E-state index in [0.717, 1.165) is 0 Å². The molecule has 0 radical (unpaired) electrons. The third-order valence-corrected chi connectivity index (χ3v) is 2.97. The highest BCUT2D eigenvalue weighted by molar-refractivity contribution is 6.30. The third-order valence-electron chi connectivity index (χ3n) is 2.74. The van der Waals surface area contributed by atoms with E-state index in [-0.39, 0.29) is 6.03 Å². The molecular weight excluding hydrogens is 292 g/mol. The maximum absolute atomic E-state index is 12.0. The van der Waals surface area contributed by atoms with Crippen LogP contribution in [0.1, 0.15) is 0 Å². The maximum atomic E-state index is 12.0. The second-order valence-corrected chi connectivity index (χ2v) is 4.59. The van der Waals surface area contributed by atoms with Gasteiger partial charge in [0, 0.05) is 16.8 Å². The van der Waals surface area contributed by atoms with Crippen LogP contribution < -0.4 is 20.1 Å². The topological polar surface area (TPSA) is 59.6 Å². The van der Waals surface area contributed by atoms with Gasteiger partial charge in [0.05, 0.1) is 19.9 Å². The van der Waals surface area contributed by atoms with Crippen molar-refractivity contribution in [3.63, 3.8) is 0 Å². The van der Waals surface area contributed by atoms with Crippen molar-refractivity contribution in [3.05, 3.63) is 47.5 Å². The molecule has 5 nitrogen and oxygen atoms in total. The number of anilines is 2. The van der Waals surface area contributed by atoms with E-state index in [1.54, 1.807) is 49.6 Å². The minimum absolute atomic E-state index is 0.388. The lowest BCUT2D eigenvalue weighted by atomic mass is 10.2. The molecule has 0 fully saturated rings. The summed E-state index contributed by atoms with van der Waals surface area (Å²) >= 11 is 5.86. The van der Waals surface area contributed by atoms with E-state index in [9.17, 15) is 4.79 Å². The first kappa shape index (κ1) is 15.0. The number of nitrogens with one attached hydrogen (secondary N) is 2. The SMILES string of the molecule is COc1ccc(NC(=O)Nc2cccc(Cl)c2)c(OC)c1. The summed E-state index contributed by atoms with van der Waals surface area (Å²) in [4.78, 5) is 12.0. The van der Waals surface area contributed by atoms with Gasteiger partial charge in [0.2, 0.25) is 0 Å². The Morgan fingerprint density at radius 2 is 1.86 bits per heavy atom. The summed E-state index contributed by atoms with van der Waals surface area (Å²) in [6.45, 7) is 0. The second kappa shape index (κ2) is 6.85. The molecule has 0 spiro atoms. The van der Waals surface area contributed by atoms with E-state index in [1.807, 2.05) is 0 Å². The van der Waals surface area contributed by atoms with Gasteiger partial charge < -0.3 is 20.1 Å². The van der Waals surface area contributed by atoms with Crippen LogP contribution in [0.4, 0.5) is 16.2 Å². The summed E-state index contributed by atoms with van der Waals surface area (Å²) in [6.07, 6.45) is 0. The molecule has 110 valence electrons. The summed E-state index contributed by atoms with van der Waals surface area (Å²) in [5.74, 6) is 1.16. The third kappa shape index (κ3) is 4.03. The van der Waals surface area contributed by atoms with Gasteiger partial charge in [0.15, 0.2) is 0 Å². The predicted molar refractivity (Wildman–Crippen MR) is 83.6 cm³/mol. The van der Waals surface area contributed by atoms with Crippen LogP contribution in [0, 0.1) is 0 Å². The van der Waals surface area contributed by atoms with E-state index in [0.29, 0.717) is 27.9 Å². The molecule has 0 atom stereocenters. The molecule has 2 amide bonds.